The summed E-state index contributed by atoms with van der Waals surface area (Å²) < 4.78 is 8.73. The Bertz CT molecular complexity index is 939. The second kappa shape index (κ2) is 8.57. The third-order valence-electron chi connectivity index (χ3n) is 6.17. The van der Waals surface area contributed by atoms with E-state index < -0.39 is 0 Å². The molecule has 0 aliphatic heterocycles. The van der Waals surface area contributed by atoms with Gasteiger partial charge in [0.05, 0.1) is 5.52 Å². The van der Waals surface area contributed by atoms with Gasteiger partial charge in [0, 0.05) is 24.5 Å². The van der Waals surface area contributed by atoms with Crippen molar-refractivity contribution in [2.75, 3.05) is 0 Å². The van der Waals surface area contributed by atoms with Crippen molar-refractivity contribution in [3.05, 3.63) is 58.9 Å². The number of nitrogens with zero attached hydrogens (tertiary/aromatic N) is 2. The highest BCUT2D eigenvalue weighted by Crippen LogP contribution is 2.35. The average Bonchev–Trinajstić information content (AvgIpc) is 2.88. The third kappa shape index (κ3) is 3.91. The van der Waals surface area contributed by atoms with E-state index in [1.165, 1.54) is 47.2 Å². The second-order valence-electron chi connectivity index (χ2n) is 8.31. The number of hydrogen-bond donors (Lipinski definition) is 0. The smallest absolute Gasteiger partial charge is 0.147 e. The van der Waals surface area contributed by atoms with Gasteiger partial charge in [-0.2, -0.15) is 0 Å². The van der Waals surface area contributed by atoms with Gasteiger partial charge in [-0.05, 0) is 55.2 Å². The van der Waals surface area contributed by atoms with Crippen LogP contribution in [0.15, 0.2) is 36.5 Å². The van der Waals surface area contributed by atoms with E-state index in [1.54, 1.807) is 0 Å². The summed E-state index contributed by atoms with van der Waals surface area (Å²) >= 11 is 0. The molecule has 2 heterocycles. The summed E-state index contributed by atoms with van der Waals surface area (Å²) in [4.78, 5) is 4.66. The number of ether oxygens (including phenoxy) is 1. The minimum atomic E-state index is 0. The van der Waals surface area contributed by atoms with Crippen LogP contribution < -0.4 is 4.74 Å². The molecule has 0 amide bonds. The summed E-state index contributed by atoms with van der Waals surface area (Å²) in [6, 6.07) is 10.8. The van der Waals surface area contributed by atoms with E-state index in [1.807, 2.05) is 12.3 Å². The van der Waals surface area contributed by atoms with E-state index in [9.17, 15) is 0 Å². The Morgan fingerprint density at radius 2 is 1.82 bits per heavy atom. The number of aromatic nitrogens is 2. The average molecular weight is 399 g/mol. The van der Waals surface area contributed by atoms with Gasteiger partial charge in [0.1, 0.15) is 17.9 Å². The second-order valence-corrected chi connectivity index (χ2v) is 8.31. The Morgan fingerprint density at radius 1 is 1.11 bits per heavy atom. The number of aryl methyl sites for hydroxylation is 1. The van der Waals surface area contributed by atoms with Crippen LogP contribution in [-0.2, 0) is 13.2 Å². The normalized spacial score (nSPS) is 14.2. The van der Waals surface area contributed by atoms with Crippen LogP contribution in [0.4, 0.5) is 0 Å². The van der Waals surface area contributed by atoms with E-state index >= 15 is 0 Å². The number of benzene rings is 1. The van der Waals surface area contributed by atoms with Crippen LogP contribution in [0.2, 0.25) is 0 Å². The molecule has 1 aliphatic carbocycles. The Hall–Kier alpha value is -2.00. The van der Waals surface area contributed by atoms with Crippen LogP contribution in [0.3, 0.4) is 0 Å². The minimum absolute atomic E-state index is 0. The molecule has 0 bridgehead atoms. The topological polar surface area (TPSA) is 27.1 Å². The zero-order valence-electron chi connectivity index (χ0n) is 17.4. The predicted octanol–water partition coefficient (Wildman–Crippen LogP) is 6.58. The number of fused-ring (bicyclic) bond motifs is 1. The molecule has 1 saturated carbocycles. The molecule has 0 unspecified atom stereocenters. The highest BCUT2D eigenvalue weighted by atomic mass is 35.5. The van der Waals surface area contributed by atoms with Crippen molar-refractivity contribution in [1.29, 1.82) is 0 Å². The van der Waals surface area contributed by atoms with Crippen molar-refractivity contribution < 1.29 is 4.74 Å². The highest BCUT2D eigenvalue weighted by molar-refractivity contribution is 5.86. The maximum atomic E-state index is 6.29. The van der Waals surface area contributed by atoms with Gasteiger partial charge in [0.25, 0.3) is 0 Å². The number of hydrogen-bond acceptors (Lipinski definition) is 2. The molecule has 0 spiro atoms. The van der Waals surface area contributed by atoms with Crippen molar-refractivity contribution in [3.63, 3.8) is 0 Å². The zero-order valence-corrected chi connectivity index (χ0v) is 18.2. The fraction of sp³-hybridized carbons (Fsp3) is 0.458. The minimum Gasteiger partial charge on any atom is -0.487 e. The quantitative estimate of drug-likeness (QED) is 0.469. The Kier molecular flexibility index (Phi) is 6.34. The lowest BCUT2D eigenvalue weighted by Crippen LogP contribution is -2.18. The maximum absolute atomic E-state index is 6.29. The van der Waals surface area contributed by atoms with Gasteiger partial charge in [-0.15, -0.1) is 12.4 Å². The van der Waals surface area contributed by atoms with Crippen LogP contribution in [0.5, 0.6) is 5.75 Å². The molecule has 4 rings (SSSR count). The lowest BCUT2D eigenvalue weighted by Gasteiger charge is -2.27. The van der Waals surface area contributed by atoms with Gasteiger partial charge in [0.2, 0.25) is 0 Å². The van der Waals surface area contributed by atoms with Crippen LogP contribution in [-0.4, -0.2) is 9.55 Å². The number of rotatable bonds is 6. The van der Waals surface area contributed by atoms with Crippen LogP contribution >= 0.6 is 12.4 Å². The molecule has 4 heteroatoms. The molecule has 0 radical (unpaired) electrons. The van der Waals surface area contributed by atoms with E-state index in [2.05, 4.69) is 61.5 Å². The molecular formula is C24H31ClN2O. The number of halogens is 1. The third-order valence-corrected chi connectivity index (χ3v) is 6.17. The fourth-order valence-electron chi connectivity index (χ4n) is 3.95. The van der Waals surface area contributed by atoms with E-state index in [0.717, 1.165) is 23.7 Å². The molecule has 1 fully saturated rings. The van der Waals surface area contributed by atoms with Gasteiger partial charge >= 0.3 is 0 Å². The van der Waals surface area contributed by atoms with Gasteiger partial charge in [-0.3, -0.25) is 4.98 Å². The molecule has 3 nitrogen and oxygen atoms in total. The lowest BCUT2D eigenvalue weighted by atomic mass is 9.85. The summed E-state index contributed by atoms with van der Waals surface area (Å²) in [6.45, 7) is 10.5. The molecule has 1 aliphatic rings. The van der Waals surface area contributed by atoms with Crippen LogP contribution in [0.25, 0.3) is 11.0 Å². The molecular weight excluding hydrogens is 368 g/mol. The molecule has 150 valence electrons. The van der Waals surface area contributed by atoms with Gasteiger partial charge in [0.15, 0.2) is 0 Å². The van der Waals surface area contributed by atoms with Crippen LogP contribution in [0.1, 0.15) is 61.4 Å². The number of pyridine rings is 1. The SMILES string of the molecule is Cc1c(C)n(CC2CCC2)c2c(OCc3ccc(C(C)C)cc3)ccnc12.Cl. The summed E-state index contributed by atoms with van der Waals surface area (Å²) in [5.74, 6) is 2.30. The standard InChI is InChI=1S/C24H30N2O.ClH/c1-16(2)21-10-8-20(9-11-21)15-27-22-12-13-25-23-17(3)18(4)26(24(22)23)14-19-6-5-7-19;/h8-13,16,19H,5-7,14-15H2,1-4H3;1H. The molecule has 0 atom stereocenters. The molecule has 0 N–H and O–H groups in total. The van der Waals surface area contributed by atoms with E-state index in [0.29, 0.717) is 12.5 Å². The first-order valence-electron chi connectivity index (χ1n) is 10.2. The van der Waals surface area contributed by atoms with Crippen molar-refractivity contribution in [1.82, 2.24) is 9.55 Å². The fourth-order valence-corrected chi connectivity index (χ4v) is 3.95. The van der Waals surface area contributed by atoms with Crippen molar-refractivity contribution in [2.45, 2.75) is 66.0 Å². The zero-order chi connectivity index (χ0) is 19.0. The van der Waals surface area contributed by atoms with Gasteiger partial charge in [-0.25, -0.2) is 0 Å². The van der Waals surface area contributed by atoms with Gasteiger partial charge in [-0.1, -0.05) is 44.5 Å². The van der Waals surface area contributed by atoms with Crippen molar-refractivity contribution in [2.24, 2.45) is 5.92 Å². The maximum Gasteiger partial charge on any atom is 0.147 e. The first kappa shape index (κ1) is 20.7. The summed E-state index contributed by atoms with van der Waals surface area (Å²) in [6.07, 6.45) is 5.93. The first-order valence-corrected chi connectivity index (χ1v) is 10.2. The molecule has 28 heavy (non-hydrogen) atoms. The van der Waals surface area contributed by atoms with Crippen molar-refractivity contribution >= 4 is 23.4 Å². The predicted molar refractivity (Wildman–Crippen MR) is 119 cm³/mol. The Balaban J connectivity index is 0.00000225. The van der Waals surface area contributed by atoms with Crippen molar-refractivity contribution in [3.8, 4) is 5.75 Å². The van der Waals surface area contributed by atoms with E-state index in [4.69, 9.17) is 4.74 Å². The van der Waals surface area contributed by atoms with E-state index in [-0.39, 0.29) is 12.4 Å². The molecule has 2 aromatic heterocycles. The lowest BCUT2D eigenvalue weighted by molar-refractivity contribution is 0.275. The van der Waals surface area contributed by atoms with Gasteiger partial charge < -0.3 is 9.30 Å². The summed E-state index contributed by atoms with van der Waals surface area (Å²) in [7, 11) is 0. The van der Waals surface area contributed by atoms with Crippen LogP contribution in [0, 0.1) is 19.8 Å². The Labute approximate surface area is 174 Å². The Morgan fingerprint density at radius 3 is 2.43 bits per heavy atom. The molecule has 0 saturated heterocycles. The summed E-state index contributed by atoms with van der Waals surface area (Å²) in [5.41, 5.74) is 7.41. The highest BCUT2D eigenvalue weighted by Gasteiger charge is 2.22. The first-order chi connectivity index (χ1) is 13.0. The molecule has 1 aromatic carbocycles. The summed E-state index contributed by atoms with van der Waals surface area (Å²) in [5, 5.41) is 0. The monoisotopic (exact) mass is 398 g/mol. The largest absolute Gasteiger partial charge is 0.487 e. The molecule has 3 aromatic rings.